The van der Waals surface area contributed by atoms with Crippen molar-refractivity contribution in [3.63, 3.8) is 0 Å². The van der Waals surface area contributed by atoms with Crippen molar-refractivity contribution in [1.29, 1.82) is 0 Å². The lowest BCUT2D eigenvalue weighted by Crippen LogP contribution is -2.08. The summed E-state index contributed by atoms with van der Waals surface area (Å²) < 4.78 is 0. The van der Waals surface area contributed by atoms with Crippen molar-refractivity contribution >= 4 is 17.3 Å². The maximum atomic E-state index is 10.6. The van der Waals surface area contributed by atoms with E-state index in [1.54, 1.807) is 6.07 Å². The summed E-state index contributed by atoms with van der Waals surface area (Å²) in [7, 11) is 0. The fourth-order valence-corrected chi connectivity index (χ4v) is 1.94. The molecule has 6 nitrogen and oxygen atoms in total. The molecule has 2 aromatic rings. The van der Waals surface area contributed by atoms with Crippen LogP contribution in [0.15, 0.2) is 36.4 Å². The van der Waals surface area contributed by atoms with E-state index in [2.05, 4.69) is 29.4 Å². The number of hydrogen-bond acceptors (Lipinski definition) is 5. The number of benzene rings is 1. The quantitative estimate of drug-likeness (QED) is 0.644. The number of nitro groups is 1. The Bertz CT molecular complexity index is 628. The molecule has 1 aromatic carbocycles. The number of aryl methyl sites for hydroxylation is 1. The Balaban J connectivity index is 1.97. The number of nitrogen functional groups attached to an aromatic ring is 1. The van der Waals surface area contributed by atoms with Crippen LogP contribution in [0.25, 0.3) is 0 Å². The molecule has 0 saturated heterocycles. The second kappa shape index (κ2) is 6.01. The Kier molecular flexibility index (Phi) is 4.14. The number of nitrogens with zero attached hydrogens (tertiary/aromatic N) is 2. The van der Waals surface area contributed by atoms with Crippen LogP contribution >= 0.6 is 0 Å². The van der Waals surface area contributed by atoms with Gasteiger partial charge in [0.05, 0.1) is 4.92 Å². The van der Waals surface area contributed by atoms with Crippen molar-refractivity contribution in [3.05, 3.63) is 57.6 Å². The average Bonchev–Trinajstić information content (AvgIpc) is 2.40. The highest BCUT2D eigenvalue weighted by molar-refractivity contribution is 5.57. The van der Waals surface area contributed by atoms with Crippen LogP contribution in [0, 0.1) is 17.0 Å². The van der Waals surface area contributed by atoms with Crippen LogP contribution in [0.2, 0.25) is 0 Å². The summed E-state index contributed by atoms with van der Waals surface area (Å²) in [4.78, 5) is 14.1. The first-order chi connectivity index (χ1) is 9.58. The molecule has 0 bridgehead atoms. The third-order valence-electron chi connectivity index (χ3n) is 3.06. The standard InChI is InChI=1S/C14H16N4O2/c1-10-4-2-3-5-11(10)8-9-16-13-7-6-12(18(19)20)14(15)17-13/h2-7H,8-9H2,1H3,(H3,15,16,17). The maximum absolute atomic E-state index is 10.6. The number of aromatic nitrogens is 1. The van der Waals surface area contributed by atoms with E-state index in [1.165, 1.54) is 17.2 Å². The predicted molar refractivity (Wildman–Crippen MR) is 78.7 cm³/mol. The summed E-state index contributed by atoms with van der Waals surface area (Å²) in [6.07, 6.45) is 0.852. The molecule has 0 aliphatic carbocycles. The lowest BCUT2D eigenvalue weighted by atomic mass is 10.1. The molecule has 0 radical (unpaired) electrons. The van der Waals surface area contributed by atoms with Crippen molar-refractivity contribution in [2.24, 2.45) is 0 Å². The molecule has 2 rings (SSSR count). The maximum Gasteiger partial charge on any atom is 0.311 e. The van der Waals surface area contributed by atoms with Gasteiger partial charge in [0.15, 0.2) is 0 Å². The Labute approximate surface area is 116 Å². The third kappa shape index (κ3) is 3.23. The average molecular weight is 272 g/mol. The SMILES string of the molecule is Cc1ccccc1CCNc1ccc([N+](=O)[O-])c(N)n1. The Morgan fingerprint density at radius 1 is 1.30 bits per heavy atom. The summed E-state index contributed by atoms with van der Waals surface area (Å²) in [5, 5.41) is 13.7. The molecule has 0 unspecified atom stereocenters. The minimum absolute atomic E-state index is 0.0732. The van der Waals surface area contributed by atoms with Crippen molar-refractivity contribution in [2.75, 3.05) is 17.6 Å². The first kappa shape index (κ1) is 13.8. The van der Waals surface area contributed by atoms with E-state index in [9.17, 15) is 10.1 Å². The van der Waals surface area contributed by atoms with Gasteiger partial charge in [-0.05, 0) is 30.5 Å². The molecule has 0 fully saturated rings. The van der Waals surface area contributed by atoms with Crippen LogP contribution in [0.1, 0.15) is 11.1 Å². The number of nitrogens with one attached hydrogen (secondary N) is 1. The highest BCUT2D eigenvalue weighted by Gasteiger charge is 2.12. The predicted octanol–water partition coefficient (Wildman–Crippen LogP) is 2.54. The molecule has 0 aliphatic rings. The van der Waals surface area contributed by atoms with Gasteiger partial charge < -0.3 is 11.1 Å². The molecule has 3 N–H and O–H groups in total. The van der Waals surface area contributed by atoms with Crippen molar-refractivity contribution in [3.8, 4) is 0 Å². The monoisotopic (exact) mass is 272 g/mol. The largest absolute Gasteiger partial charge is 0.378 e. The van der Waals surface area contributed by atoms with Crippen LogP contribution in [0.5, 0.6) is 0 Å². The number of rotatable bonds is 5. The van der Waals surface area contributed by atoms with Gasteiger partial charge >= 0.3 is 5.69 Å². The molecule has 0 aliphatic heterocycles. The fourth-order valence-electron chi connectivity index (χ4n) is 1.94. The van der Waals surface area contributed by atoms with E-state index in [-0.39, 0.29) is 11.5 Å². The van der Waals surface area contributed by atoms with E-state index in [1.807, 2.05) is 12.1 Å². The summed E-state index contributed by atoms with van der Waals surface area (Å²) in [5.74, 6) is 0.470. The molecular weight excluding hydrogens is 256 g/mol. The summed E-state index contributed by atoms with van der Waals surface area (Å²) in [5.41, 5.74) is 7.87. The van der Waals surface area contributed by atoms with Crippen LogP contribution < -0.4 is 11.1 Å². The highest BCUT2D eigenvalue weighted by atomic mass is 16.6. The fraction of sp³-hybridized carbons (Fsp3) is 0.214. The molecule has 0 spiro atoms. The second-order valence-corrected chi connectivity index (χ2v) is 4.46. The topological polar surface area (TPSA) is 94.1 Å². The van der Waals surface area contributed by atoms with Crippen molar-refractivity contribution in [2.45, 2.75) is 13.3 Å². The van der Waals surface area contributed by atoms with Gasteiger partial charge in [-0.15, -0.1) is 0 Å². The number of hydrogen-bond donors (Lipinski definition) is 2. The molecule has 1 aromatic heterocycles. The highest BCUT2D eigenvalue weighted by Crippen LogP contribution is 2.20. The van der Waals surface area contributed by atoms with E-state index in [4.69, 9.17) is 5.73 Å². The van der Waals surface area contributed by atoms with Gasteiger partial charge in [-0.1, -0.05) is 24.3 Å². The lowest BCUT2D eigenvalue weighted by Gasteiger charge is -2.08. The minimum atomic E-state index is -0.542. The molecule has 20 heavy (non-hydrogen) atoms. The first-order valence-corrected chi connectivity index (χ1v) is 6.27. The van der Waals surface area contributed by atoms with E-state index in [0.717, 1.165) is 6.42 Å². The zero-order valence-corrected chi connectivity index (χ0v) is 11.2. The molecule has 0 amide bonds. The normalized spacial score (nSPS) is 10.2. The first-order valence-electron chi connectivity index (χ1n) is 6.27. The van der Waals surface area contributed by atoms with E-state index >= 15 is 0 Å². The zero-order chi connectivity index (χ0) is 14.5. The summed E-state index contributed by atoms with van der Waals surface area (Å²) >= 11 is 0. The third-order valence-corrected chi connectivity index (χ3v) is 3.06. The van der Waals surface area contributed by atoms with Gasteiger partial charge in [0.2, 0.25) is 5.82 Å². The Hall–Kier alpha value is -2.63. The molecule has 1 heterocycles. The summed E-state index contributed by atoms with van der Waals surface area (Å²) in [6.45, 7) is 2.76. The minimum Gasteiger partial charge on any atom is -0.378 e. The Morgan fingerprint density at radius 3 is 2.70 bits per heavy atom. The number of anilines is 2. The molecule has 6 heteroatoms. The van der Waals surface area contributed by atoms with Gasteiger partial charge in [0.25, 0.3) is 0 Å². The smallest absolute Gasteiger partial charge is 0.311 e. The van der Waals surface area contributed by atoms with E-state index in [0.29, 0.717) is 12.4 Å². The zero-order valence-electron chi connectivity index (χ0n) is 11.2. The molecule has 0 atom stereocenters. The van der Waals surface area contributed by atoms with Gasteiger partial charge in [-0.3, -0.25) is 10.1 Å². The second-order valence-electron chi connectivity index (χ2n) is 4.46. The van der Waals surface area contributed by atoms with Crippen LogP contribution in [-0.4, -0.2) is 16.5 Å². The number of pyridine rings is 1. The summed E-state index contributed by atoms with van der Waals surface area (Å²) in [6, 6.07) is 11.1. The Morgan fingerprint density at radius 2 is 2.05 bits per heavy atom. The molecule has 0 saturated carbocycles. The van der Waals surface area contributed by atoms with Crippen molar-refractivity contribution in [1.82, 2.24) is 4.98 Å². The number of nitrogens with two attached hydrogens (primary N) is 1. The molecular formula is C14H16N4O2. The van der Waals surface area contributed by atoms with Crippen LogP contribution in [0.3, 0.4) is 0 Å². The van der Waals surface area contributed by atoms with Crippen LogP contribution in [0.4, 0.5) is 17.3 Å². The van der Waals surface area contributed by atoms with Gasteiger partial charge in [-0.2, -0.15) is 0 Å². The van der Waals surface area contributed by atoms with Crippen molar-refractivity contribution < 1.29 is 4.92 Å². The van der Waals surface area contributed by atoms with Crippen LogP contribution in [-0.2, 0) is 6.42 Å². The van der Waals surface area contributed by atoms with Gasteiger partial charge in [0.1, 0.15) is 5.82 Å². The van der Waals surface area contributed by atoms with Gasteiger partial charge in [-0.25, -0.2) is 4.98 Å². The molecule has 104 valence electrons. The van der Waals surface area contributed by atoms with E-state index < -0.39 is 4.92 Å². The lowest BCUT2D eigenvalue weighted by molar-refractivity contribution is -0.384. The van der Waals surface area contributed by atoms with Gasteiger partial charge in [0, 0.05) is 12.6 Å².